The largest absolute Gasteiger partial charge is 0.349 e. The summed E-state index contributed by atoms with van der Waals surface area (Å²) in [7, 11) is 0. The lowest BCUT2D eigenvalue weighted by Gasteiger charge is -2.32. The van der Waals surface area contributed by atoms with Gasteiger partial charge in [-0.05, 0) is 67.8 Å². The van der Waals surface area contributed by atoms with E-state index in [9.17, 15) is 9.59 Å². The lowest BCUT2D eigenvalue weighted by atomic mass is 10.0. The van der Waals surface area contributed by atoms with Gasteiger partial charge >= 0.3 is 0 Å². The number of carbonyl (C=O) groups excluding carboxylic acids is 2. The van der Waals surface area contributed by atoms with E-state index in [1.165, 1.54) is 0 Å². The average Bonchev–Trinajstić information content (AvgIpc) is 3.22. The van der Waals surface area contributed by atoms with Crippen LogP contribution in [0.3, 0.4) is 0 Å². The van der Waals surface area contributed by atoms with Crippen LogP contribution in [-0.2, 0) is 0 Å². The number of ketones is 1. The van der Waals surface area contributed by atoms with E-state index in [1.807, 2.05) is 55.5 Å². The molecule has 1 saturated heterocycles. The molecule has 38 heavy (non-hydrogen) atoms. The third kappa shape index (κ3) is 5.29. The molecule has 8 nitrogen and oxygen atoms in total. The van der Waals surface area contributed by atoms with Crippen molar-refractivity contribution in [2.24, 2.45) is 5.11 Å². The zero-order chi connectivity index (χ0) is 26.6. The minimum atomic E-state index is -0.155. The van der Waals surface area contributed by atoms with Gasteiger partial charge in [-0.3, -0.25) is 14.5 Å². The molecule has 1 aliphatic rings. The molecule has 1 N–H and O–H groups in total. The van der Waals surface area contributed by atoms with Gasteiger partial charge in [0, 0.05) is 62.6 Å². The third-order valence-corrected chi connectivity index (χ3v) is 7.31. The SMILES string of the molecule is Cc1c(C(=O)CN2CCC(NC(=O)c3ccc(N=[N+]=[N-])cc3)CC2)c2ccccc2n1-c1ccc(Cl)cc1. The van der Waals surface area contributed by atoms with Crippen LogP contribution < -0.4 is 5.32 Å². The highest BCUT2D eigenvalue weighted by Gasteiger charge is 2.26. The van der Waals surface area contributed by atoms with E-state index in [2.05, 4.69) is 24.8 Å². The number of halogens is 1. The summed E-state index contributed by atoms with van der Waals surface area (Å²) in [5, 5.41) is 8.22. The number of rotatable bonds is 7. The maximum absolute atomic E-state index is 13.6. The minimum Gasteiger partial charge on any atom is -0.349 e. The molecule has 0 saturated carbocycles. The first-order valence-electron chi connectivity index (χ1n) is 12.5. The normalized spacial score (nSPS) is 14.3. The summed E-state index contributed by atoms with van der Waals surface area (Å²) >= 11 is 6.10. The van der Waals surface area contributed by atoms with Gasteiger partial charge in [0.2, 0.25) is 0 Å². The molecule has 1 aliphatic heterocycles. The molecule has 0 atom stereocenters. The lowest BCUT2D eigenvalue weighted by Crippen LogP contribution is -2.46. The molecule has 0 unspecified atom stereocenters. The number of hydrogen-bond donors (Lipinski definition) is 1. The fraction of sp³-hybridized carbons (Fsp3) is 0.241. The van der Waals surface area contributed by atoms with Crippen LogP contribution in [0.5, 0.6) is 0 Å². The van der Waals surface area contributed by atoms with Crippen molar-refractivity contribution < 1.29 is 9.59 Å². The zero-order valence-electron chi connectivity index (χ0n) is 21.0. The van der Waals surface area contributed by atoms with Gasteiger partial charge in [-0.1, -0.05) is 47.0 Å². The van der Waals surface area contributed by atoms with Crippen LogP contribution in [0.1, 0.15) is 39.3 Å². The monoisotopic (exact) mass is 526 g/mol. The predicted molar refractivity (Wildman–Crippen MR) is 150 cm³/mol. The first-order chi connectivity index (χ1) is 18.4. The zero-order valence-corrected chi connectivity index (χ0v) is 21.7. The van der Waals surface area contributed by atoms with Crippen molar-refractivity contribution >= 4 is 39.9 Å². The molecule has 0 bridgehead atoms. The van der Waals surface area contributed by atoms with Gasteiger partial charge in [0.15, 0.2) is 5.78 Å². The molecule has 0 aliphatic carbocycles. The smallest absolute Gasteiger partial charge is 0.251 e. The van der Waals surface area contributed by atoms with E-state index in [0.29, 0.717) is 22.8 Å². The van der Waals surface area contributed by atoms with Crippen molar-refractivity contribution in [1.29, 1.82) is 0 Å². The molecule has 4 aromatic rings. The molecule has 1 amide bonds. The van der Waals surface area contributed by atoms with Gasteiger partial charge in [0.05, 0.1) is 12.1 Å². The van der Waals surface area contributed by atoms with Crippen LogP contribution >= 0.6 is 11.6 Å². The maximum Gasteiger partial charge on any atom is 0.251 e. The molecule has 1 fully saturated rings. The molecule has 1 aromatic heterocycles. The molecular weight excluding hydrogens is 500 g/mol. The number of nitrogens with zero attached hydrogens (tertiary/aromatic N) is 5. The van der Waals surface area contributed by atoms with Gasteiger partial charge in [-0.25, -0.2) is 0 Å². The Morgan fingerprint density at radius 3 is 2.39 bits per heavy atom. The lowest BCUT2D eigenvalue weighted by molar-refractivity contribution is 0.0859. The number of benzene rings is 3. The van der Waals surface area contributed by atoms with Gasteiger partial charge in [0.25, 0.3) is 5.91 Å². The summed E-state index contributed by atoms with van der Waals surface area (Å²) in [4.78, 5) is 31.1. The summed E-state index contributed by atoms with van der Waals surface area (Å²) in [6.45, 7) is 3.77. The van der Waals surface area contributed by atoms with Gasteiger partial charge in [-0.2, -0.15) is 0 Å². The number of para-hydroxylation sites is 1. The highest BCUT2D eigenvalue weighted by atomic mass is 35.5. The second-order valence-electron chi connectivity index (χ2n) is 9.47. The van der Waals surface area contributed by atoms with Crippen LogP contribution in [0.4, 0.5) is 5.69 Å². The van der Waals surface area contributed by atoms with Crippen LogP contribution in [0.2, 0.25) is 5.02 Å². The van der Waals surface area contributed by atoms with Crippen LogP contribution in [0, 0.1) is 6.92 Å². The number of aromatic nitrogens is 1. The molecule has 0 spiro atoms. The van der Waals surface area contributed by atoms with Crippen LogP contribution in [0.25, 0.3) is 27.0 Å². The van der Waals surface area contributed by atoms with Gasteiger partial charge < -0.3 is 9.88 Å². The van der Waals surface area contributed by atoms with Crippen molar-refractivity contribution in [3.63, 3.8) is 0 Å². The van der Waals surface area contributed by atoms with E-state index in [-0.39, 0.29) is 17.7 Å². The maximum atomic E-state index is 13.6. The van der Waals surface area contributed by atoms with Gasteiger partial charge in [-0.15, -0.1) is 0 Å². The highest BCUT2D eigenvalue weighted by Crippen LogP contribution is 2.30. The molecular formula is C29H27ClN6O2. The Labute approximate surface area is 225 Å². The number of nitrogens with one attached hydrogen (secondary N) is 1. The second kappa shape index (κ2) is 11.1. The number of Topliss-reactive ketones (excluding diaryl/α,β-unsaturated/α-hetero) is 1. The number of amides is 1. The fourth-order valence-corrected chi connectivity index (χ4v) is 5.29. The molecule has 2 heterocycles. The quantitative estimate of drug-likeness (QED) is 0.127. The Morgan fingerprint density at radius 2 is 1.71 bits per heavy atom. The van der Waals surface area contributed by atoms with Crippen LogP contribution in [-0.4, -0.2) is 46.8 Å². The molecule has 9 heteroatoms. The Hall–Kier alpha value is -4.10. The average molecular weight is 527 g/mol. The standard InChI is InChI=1S/C29H27ClN6O2/c1-19-28(25-4-2-3-5-26(25)36(19)24-12-8-21(30)9-13-24)27(37)18-35-16-14-22(15-17-35)32-29(38)20-6-10-23(11-7-20)33-34-31/h2-13,22H,14-18H2,1H3,(H,32,38). The number of likely N-dealkylation sites (tertiary alicyclic amines) is 1. The molecule has 5 rings (SSSR count). The first-order valence-corrected chi connectivity index (χ1v) is 12.9. The minimum absolute atomic E-state index is 0.0409. The third-order valence-electron chi connectivity index (χ3n) is 7.05. The Kier molecular flexibility index (Phi) is 7.47. The van der Waals surface area contributed by atoms with Crippen molar-refractivity contribution in [2.45, 2.75) is 25.8 Å². The van der Waals surface area contributed by atoms with E-state index >= 15 is 0 Å². The Bertz CT molecular complexity index is 1530. The summed E-state index contributed by atoms with van der Waals surface area (Å²) in [5.74, 6) is -0.0633. The summed E-state index contributed by atoms with van der Waals surface area (Å²) < 4.78 is 2.11. The number of azide groups is 1. The van der Waals surface area contributed by atoms with Crippen molar-refractivity contribution in [3.05, 3.63) is 105 Å². The number of piperidine rings is 1. The topological polar surface area (TPSA) is 103 Å². The second-order valence-corrected chi connectivity index (χ2v) is 9.91. The Morgan fingerprint density at radius 1 is 1.03 bits per heavy atom. The van der Waals surface area contributed by atoms with Crippen molar-refractivity contribution in [3.8, 4) is 5.69 Å². The molecule has 0 radical (unpaired) electrons. The molecule has 192 valence electrons. The van der Waals surface area contributed by atoms with Crippen molar-refractivity contribution in [2.75, 3.05) is 19.6 Å². The van der Waals surface area contributed by atoms with Crippen LogP contribution in [0.15, 0.2) is 77.9 Å². The summed E-state index contributed by atoms with van der Waals surface area (Å²) in [5.41, 5.74) is 13.1. The predicted octanol–water partition coefficient (Wildman–Crippen LogP) is 6.61. The molecule has 3 aromatic carbocycles. The van der Waals surface area contributed by atoms with E-state index in [0.717, 1.165) is 53.8 Å². The Balaban J connectivity index is 1.25. The fourth-order valence-electron chi connectivity index (χ4n) is 5.16. The van der Waals surface area contributed by atoms with E-state index in [4.69, 9.17) is 17.1 Å². The number of fused-ring (bicyclic) bond motifs is 1. The number of carbonyl (C=O) groups is 2. The summed E-state index contributed by atoms with van der Waals surface area (Å²) in [6, 6.07) is 22.2. The van der Waals surface area contributed by atoms with Crippen molar-refractivity contribution in [1.82, 2.24) is 14.8 Å². The summed E-state index contributed by atoms with van der Waals surface area (Å²) in [6.07, 6.45) is 1.53. The van der Waals surface area contributed by atoms with E-state index in [1.54, 1.807) is 24.3 Å². The van der Waals surface area contributed by atoms with Gasteiger partial charge in [0.1, 0.15) is 0 Å². The highest BCUT2D eigenvalue weighted by molar-refractivity contribution is 6.30. The number of hydrogen-bond acceptors (Lipinski definition) is 4. The van der Waals surface area contributed by atoms with E-state index < -0.39 is 0 Å². The first kappa shape index (κ1) is 25.5.